The Balaban J connectivity index is 1.44. The Morgan fingerprint density at radius 2 is 1.93 bits per heavy atom. The molecule has 1 aliphatic carbocycles. The number of aromatic nitrogens is 1. The zero-order chi connectivity index (χ0) is 28.6. The first-order valence-corrected chi connectivity index (χ1v) is 13.7. The van der Waals surface area contributed by atoms with Crippen molar-refractivity contribution in [3.05, 3.63) is 112 Å². The lowest BCUT2D eigenvalue weighted by molar-refractivity contribution is 0.260. The van der Waals surface area contributed by atoms with Crippen LogP contribution in [0.1, 0.15) is 56.3 Å². The topological polar surface area (TPSA) is 88.0 Å². The van der Waals surface area contributed by atoms with Crippen LogP contribution in [-0.4, -0.2) is 16.0 Å². The van der Waals surface area contributed by atoms with Gasteiger partial charge in [0, 0.05) is 29.5 Å². The molecule has 4 N–H and O–H groups in total. The molecular formula is C31H29ClFN7. The fourth-order valence-corrected chi connectivity index (χ4v) is 5.18. The number of anilines is 2. The number of nitriles is 1. The molecule has 3 aromatic carbocycles. The molecule has 202 valence electrons. The number of nitrogens with zero attached hydrogens (tertiary/aromatic N) is 3. The highest BCUT2D eigenvalue weighted by molar-refractivity contribution is 6.35. The van der Waals surface area contributed by atoms with E-state index in [4.69, 9.17) is 11.6 Å². The molecule has 1 saturated carbocycles. The molecule has 9 heteroatoms. The van der Waals surface area contributed by atoms with Crippen LogP contribution in [0.25, 0.3) is 10.9 Å². The second-order valence-corrected chi connectivity index (χ2v) is 10.4. The van der Waals surface area contributed by atoms with E-state index in [1.165, 1.54) is 18.3 Å². The SMILES string of the molecule is [2H]C(Nc1cc(Cl)c2ncc(C#N)c(N[C@H](CC)c3ccccc3)c2c1)(C1=CN(C2CC2)NN1)c1ccc(F)cc1. The summed E-state index contributed by atoms with van der Waals surface area (Å²) in [4.78, 5) is 4.49. The highest BCUT2D eigenvalue weighted by Gasteiger charge is 2.32. The van der Waals surface area contributed by atoms with E-state index in [0.29, 0.717) is 50.2 Å². The molecule has 0 saturated heterocycles. The van der Waals surface area contributed by atoms with Gasteiger partial charge in [-0.15, -0.1) is 5.53 Å². The van der Waals surface area contributed by atoms with Crippen LogP contribution in [0.3, 0.4) is 0 Å². The highest BCUT2D eigenvalue weighted by atomic mass is 35.5. The molecular weight excluding hydrogens is 525 g/mol. The van der Waals surface area contributed by atoms with Gasteiger partial charge in [-0.05, 0) is 54.7 Å². The minimum absolute atomic E-state index is 0.0499. The number of benzene rings is 3. The monoisotopic (exact) mass is 554 g/mol. The van der Waals surface area contributed by atoms with Gasteiger partial charge in [0.05, 0.1) is 40.9 Å². The quantitative estimate of drug-likeness (QED) is 0.178. The van der Waals surface area contributed by atoms with Crippen LogP contribution in [0.15, 0.2) is 84.8 Å². The number of pyridine rings is 1. The second kappa shape index (κ2) is 11.0. The molecule has 2 aliphatic rings. The minimum atomic E-state index is -1.52. The molecule has 1 fully saturated rings. The molecule has 0 spiro atoms. The summed E-state index contributed by atoms with van der Waals surface area (Å²) in [5.41, 5.74) is 10.5. The molecule has 7 nitrogen and oxygen atoms in total. The molecule has 2 atom stereocenters. The van der Waals surface area contributed by atoms with E-state index in [1.807, 2.05) is 35.5 Å². The molecule has 40 heavy (non-hydrogen) atoms. The van der Waals surface area contributed by atoms with E-state index in [-0.39, 0.29) is 11.9 Å². The predicted molar refractivity (Wildman–Crippen MR) is 157 cm³/mol. The lowest BCUT2D eigenvalue weighted by Crippen LogP contribution is -2.38. The van der Waals surface area contributed by atoms with E-state index < -0.39 is 6.02 Å². The summed E-state index contributed by atoms with van der Waals surface area (Å²) < 4.78 is 23.5. The minimum Gasteiger partial charge on any atom is -0.377 e. The van der Waals surface area contributed by atoms with Gasteiger partial charge in [-0.3, -0.25) is 9.99 Å². The van der Waals surface area contributed by atoms with Gasteiger partial charge in [0.15, 0.2) is 0 Å². The summed E-state index contributed by atoms with van der Waals surface area (Å²) >= 11 is 6.77. The van der Waals surface area contributed by atoms with Crippen LogP contribution in [0.4, 0.5) is 15.8 Å². The molecule has 1 unspecified atom stereocenters. The Hall–Kier alpha value is -4.32. The van der Waals surface area contributed by atoms with Crippen molar-refractivity contribution < 1.29 is 5.76 Å². The van der Waals surface area contributed by atoms with Crippen molar-refractivity contribution in [2.75, 3.05) is 10.6 Å². The molecule has 0 radical (unpaired) electrons. The van der Waals surface area contributed by atoms with Gasteiger partial charge < -0.3 is 16.1 Å². The first-order valence-electron chi connectivity index (χ1n) is 13.8. The maximum Gasteiger partial charge on any atom is 0.123 e. The average molecular weight is 555 g/mol. The smallest absolute Gasteiger partial charge is 0.123 e. The number of hydrogen-bond acceptors (Lipinski definition) is 7. The standard InChI is InChI=1S/C31H29ClFN7/c1-2-27(19-6-4-3-5-7-19)37-29-21(16-34)17-35-31-25(29)14-23(15-26(31)32)36-30(20-8-10-22(33)11-9-20)28-18-40(39-38-28)24-12-13-24/h3-11,14-15,17-18,24,27,30,36,38-39H,2,12-13H2,1H3,(H,35,37)/t27-,30?/m1/s1/i30D. The molecule has 1 aromatic heterocycles. The lowest BCUT2D eigenvalue weighted by Gasteiger charge is -2.23. The van der Waals surface area contributed by atoms with Crippen molar-refractivity contribution in [3.63, 3.8) is 0 Å². The second-order valence-electron chi connectivity index (χ2n) is 9.95. The lowest BCUT2D eigenvalue weighted by atomic mass is 10.0. The van der Waals surface area contributed by atoms with Crippen molar-refractivity contribution in [2.45, 2.75) is 44.3 Å². The summed E-state index contributed by atoms with van der Waals surface area (Å²) in [6.45, 7) is 2.08. The van der Waals surface area contributed by atoms with Crippen molar-refractivity contribution in [1.29, 1.82) is 5.26 Å². The highest BCUT2D eigenvalue weighted by Crippen LogP contribution is 2.38. The van der Waals surface area contributed by atoms with Gasteiger partial charge >= 0.3 is 0 Å². The number of fused-ring (bicyclic) bond motifs is 1. The largest absolute Gasteiger partial charge is 0.377 e. The fraction of sp³-hybridized carbons (Fsp3) is 0.226. The Bertz CT molecular complexity index is 1650. The number of hydrazine groups is 2. The summed E-state index contributed by atoms with van der Waals surface area (Å²) in [7, 11) is 0. The Morgan fingerprint density at radius 1 is 1.15 bits per heavy atom. The van der Waals surface area contributed by atoms with Gasteiger partial charge in [-0.2, -0.15) is 5.26 Å². The molecule has 1 aliphatic heterocycles. The van der Waals surface area contributed by atoms with Crippen molar-refractivity contribution in [3.8, 4) is 6.07 Å². The van der Waals surface area contributed by atoms with Crippen molar-refractivity contribution >= 4 is 33.9 Å². The number of hydrogen-bond donors (Lipinski definition) is 4. The van der Waals surface area contributed by atoms with Crippen LogP contribution in [0.5, 0.6) is 0 Å². The van der Waals surface area contributed by atoms with Gasteiger partial charge in [0.25, 0.3) is 0 Å². The van der Waals surface area contributed by atoms with Gasteiger partial charge in [-0.1, -0.05) is 61.0 Å². The van der Waals surface area contributed by atoms with E-state index in [9.17, 15) is 11.0 Å². The van der Waals surface area contributed by atoms with E-state index in [2.05, 4.69) is 51.7 Å². The Kier molecular flexibility index (Phi) is 6.82. The normalized spacial score (nSPS) is 17.3. The van der Waals surface area contributed by atoms with Crippen molar-refractivity contribution in [1.82, 2.24) is 21.0 Å². The maximum atomic E-state index is 13.9. The summed E-state index contributed by atoms with van der Waals surface area (Å²) in [6.07, 6.45) is 6.33. The molecule has 4 aromatic rings. The average Bonchev–Trinajstić information content (AvgIpc) is 3.72. The van der Waals surface area contributed by atoms with E-state index in [0.717, 1.165) is 24.8 Å². The third kappa shape index (κ3) is 5.26. The van der Waals surface area contributed by atoms with Crippen LogP contribution >= 0.6 is 11.6 Å². The van der Waals surface area contributed by atoms with Crippen LogP contribution in [0, 0.1) is 17.1 Å². The molecule has 0 amide bonds. The van der Waals surface area contributed by atoms with Gasteiger partial charge in [0.1, 0.15) is 11.9 Å². The van der Waals surface area contributed by atoms with E-state index >= 15 is 0 Å². The Morgan fingerprint density at radius 3 is 2.62 bits per heavy atom. The van der Waals surface area contributed by atoms with Crippen LogP contribution < -0.4 is 21.6 Å². The number of rotatable bonds is 9. The fourth-order valence-electron chi connectivity index (χ4n) is 4.91. The van der Waals surface area contributed by atoms with Crippen molar-refractivity contribution in [2.24, 2.45) is 0 Å². The van der Waals surface area contributed by atoms with E-state index in [1.54, 1.807) is 18.2 Å². The first-order chi connectivity index (χ1) is 19.9. The molecule has 0 bridgehead atoms. The van der Waals surface area contributed by atoms with Gasteiger partial charge in [-0.25, -0.2) is 4.39 Å². The first kappa shape index (κ1) is 24.7. The van der Waals surface area contributed by atoms with Gasteiger partial charge in [0.2, 0.25) is 0 Å². The summed E-state index contributed by atoms with van der Waals surface area (Å²) in [6, 6.07) is 20.5. The molecule has 2 heterocycles. The summed E-state index contributed by atoms with van der Waals surface area (Å²) in [5.74, 6) is -0.384. The predicted octanol–water partition coefficient (Wildman–Crippen LogP) is 6.94. The Labute approximate surface area is 239 Å². The molecule has 6 rings (SSSR count). The zero-order valence-corrected chi connectivity index (χ0v) is 22.6. The zero-order valence-electron chi connectivity index (χ0n) is 22.9. The van der Waals surface area contributed by atoms with Crippen LogP contribution in [0.2, 0.25) is 5.02 Å². The van der Waals surface area contributed by atoms with Crippen LogP contribution in [-0.2, 0) is 0 Å². The summed E-state index contributed by atoms with van der Waals surface area (Å²) in [5, 5.41) is 19.9. The third-order valence-electron chi connectivity index (χ3n) is 7.17. The number of nitrogens with one attached hydrogen (secondary N) is 4. The maximum absolute atomic E-state index is 13.9. The third-order valence-corrected chi connectivity index (χ3v) is 7.46. The number of halogens is 2.